The van der Waals surface area contributed by atoms with Gasteiger partial charge in [-0.2, -0.15) is 5.26 Å². The topological polar surface area (TPSA) is 45.0 Å². The summed E-state index contributed by atoms with van der Waals surface area (Å²) in [7, 11) is 0. The van der Waals surface area contributed by atoms with Crippen molar-refractivity contribution in [3.8, 4) is 6.07 Å². The van der Waals surface area contributed by atoms with Gasteiger partial charge < -0.3 is 10.1 Å². The molecule has 0 saturated heterocycles. The molecule has 5 heteroatoms. The molecule has 1 aromatic rings. The Morgan fingerprint density at radius 2 is 1.90 bits per heavy atom. The molecule has 1 N–H and O–H groups in total. The highest BCUT2D eigenvalue weighted by atomic mass is 19.1. The molecule has 0 fully saturated rings. The molecule has 0 aliphatic carbocycles. The third-order valence-electron chi connectivity index (χ3n) is 2.77. The molecule has 3 nitrogen and oxygen atoms in total. The Balaban J connectivity index is 2.31. The fourth-order valence-electron chi connectivity index (χ4n) is 1.72. The van der Waals surface area contributed by atoms with E-state index in [2.05, 4.69) is 5.32 Å². The third-order valence-corrected chi connectivity index (χ3v) is 2.77. The van der Waals surface area contributed by atoms with Gasteiger partial charge in [0.1, 0.15) is 11.6 Å². The molecule has 0 aromatic heterocycles. The first-order valence-electron chi connectivity index (χ1n) is 6.75. The van der Waals surface area contributed by atoms with Crippen LogP contribution in [0.5, 0.6) is 0 Å². The minimum Gasteiger partial charge on any atom is -0.379 e. The summed E-state index contributed by atoms with van der Waals surface area (Å²) in [4.78, 5) is 0. The first-order valence-corrected chi connectivity index (χ1v) is 6.75. The van der Waals surface area contributed by atoms with Crippen LogP contribution >= 0.6 is 0 Å². The van der Waals surface area contributed by atoms with Crippen molar-refractivity contribution in [3.05, 3.63) is 34.9 Å². The number of halogens is 2. The quantitative estimate of drug-likeness (QED) is 0.745. The van der Waals surface area contributed by atoms with Crippen LogP contribution in [0.25, 0.3) is 0 Å². The summed E-state index contributed by atoms with van der Waals surface area (Å²) in [5.74, 6) is -1.37. The Morgan fingerprint density at radius 3 is 2.45 bits per heavy atom. The van der Waals surface area contributed by atoms with E-state index in [1.54, 1.807) is 6.07 Å². The fourth-order valence-corrected chi connectivity index (χ4v) is 1.72. The number of unbranched alkanes of at least 4 members (excludes halogenated alkanes) is 1. The van der Waals surface area contributed by atoms with E-state index in [1.807, 2.05) is 13.8 Å². The zero-order valence-electron chi connectivity index (χ0n) is 11.9. The van der Waals surface area contributed by atoms with Gasteiger partial charge in [-0.1, -0.05) is 0 Å². The van der Waals surface area contributed by atoms with Crippen molar-refractivity contribution in [2.45, 2.75) is 39.3 Å². The van der Waals surface area contributed by atoms with Crippen LogP contribution in [-0.4, -0.2) is 19.3 Å². The van der Waals surface area contributed by atoms with E-state index in [1.165, 1.54) is 0 Å². The number of nitrogens with one attached hydrogen (secondary N) is 1. The van der Waals surface area contributed by atoms with Crippen LogP contribution in [0.15, 0.2) is 12.1 Å². The molecule has 110 valence electrons. The van der Waals surface area contributed by atoms with E-state index in [0.29, 0.717) is 13.2 Å². The van der Waals surface area contributed by atoms with Crippen LogP contribution in [0.2, 0.25) is 0 Å². The van der Waals surface area contributed by atoms with E-state index in [-0.39, 0.29) is 23.8 Å². The van der Waals surface area contributed by atoms with Crippen molar-refractivity contribution >= 4 is 0 Å². The molecule has 1 aromatic carbocycles. The SMILES string of the molecule is CC(C)OCCCCNCc1c(F)cc(C#N)cc1F. The highest BCUT2D eigenvalue weighted by Crippen LogP contribution is 2.14. The van der Waals surface area contributed by atoms with E-state index >= 15 is 0 Å². The smallest absolute Gasteiger partial charge is 0.131 e. The number of ether oxygens (including phenoxy) is 1. The Labute approximate surface area is 118 Å². The Hall–Kier alpha value is -1.51. The minimum absolute atomic E-state index is 0.00501. The van der Waals surface area contributed by atoms with Gasteiger partial charge in [0.15, 0.2) is 0 Å². The van der Waals surface area contributed by atoms with Gasteiger partial charge in [-0.05, 0) is 45.4 Å². The number of nitrogens with zero attached hydrogens (tertiary/aromatic N) is 1. The lowest BCUT2D eigenvalue weighted by Crippen LogP contribution is -2.17. The molecular weight excluding hydrogens is 262 g/mol. The summed E-state index contributed by atoms with van der Waals surface area (Å²) < 4.78 is 32.5. The Kier molecular flexibility index (Phi) is 7.13. The summed E-state index contributed by atoms with van der Waals surface area (Å²) in [6.07, 6.45) is 2.01. The van der Waals surface area contributed by atoms with Gasteiger partial charge in [0.05, 0.1) is 17.7 Å². The zero-order valence-corrected chi connectivity index (χ0v) is 11.9. The maximum Gasteiger partial charge on any atom is 0.131 e. The highest BCUT2D eigenvalue weighted by Gasteiger charge is 2.10. The van der Waals surface area contributed by atoms with Crippen molar-refractivity contribution in [2.24, 2.45) is 0 Å². The summed E-state index contributed by atoms with van der Waals surface area (Å²) in [5, 5.41) is 11.6. The molecule has 0 heterocycles. The lowest BCUT2D eigenvalue weighted by atomic mass is 10.1. The first-order chi connectivity index (χ1) is 9.54. The van der Waals surface area contributed by atoms with Gasteiger partial charge >= 0.3 is 0 Å². The van der Waals surface area contributed by atoms with E-state index < -0.39 is 11.6 Å². The van der Waals surface area contributed by atoms with E-state index in [0.717, 1.165) is 25.0 Å². The largest absolute Gasteiger partial charge is 0.379 e. The van der Waals surface area contributed by atoms with E-state index in [9.17, 15) is 8.78 Å². The van der Waals surface area contributed by atoms with Gasteiger partial charge in [0, 0.05) is 18.7 Å². The number of hydrogen-bond acceptors (Lipinski definition) is 3. The molecule has 0 atom stereocenters. The molecule has 0 aliphatic rings. The minimum atomic E-state index is -0.683. The number of hydrogen-bond donors (Lipinski definition) is 1. The van der Waals surface area contributed by atoms with Gasteiger partial charge in [0.2, 0.25) is 0 Å². The highest BCUT2D eigenvalue weighted by molar-refractivity contribution is 5.34. The van der Waals surface area contributed by atoms with Crippen molar-refractivity contribution in [3.63, 3.8) is 0 Å². The molecule has 0 radical (unpaired) electrons. The monoisotopic (exact) mass is 282 g/mol. The second-order valence-electron chi connectivity index (χ2n) is 4.83. The van der Waals surface area contributed by atoms with Gasteiger partial charge in [0.25, 0.3) is 0 Å². The molecule has 0 unspecified atom stereocenters. The lowest BCUT2D eigenvalue weighted by molar-refractivity contribution is 0.0760. The van der Waals surface area contributed by atoms with Gasteiger partial charge in [-0.3, -0.25) is 0 Å². The molecule has 0 spiro atoms. The van der Waals surface area contributed by atoms with Gasteiger partial charge in [-0.25, -0.2) is 8.78 Å². The van der Waals surface area contributed by atoms with E-state index in [4.69, 9.17) is 10.00 Å². The Bertz CT molecular complexity index is 446. The predicted octanol–water partition coefficient (Wildman–Crippen LogP) is 3.13. The molecule has 1 rings (SSSR count). The van der Waals surface area contributed by atoms with Crippen LogP contribution in [0.4, 0.5) is 8.78 Å². The summed E-state index contributed by atoms with van der Waals surface area (Å²) >= 11 is 0. The van der Waals surface area contributed by atoms with Crippen LogP contribution < -0.4 is 5.32 Å². The summed E-state index contributed by atoms with van der Waals surface area (Å²) in [6, 6.07) is 3.83. The third kappa shape index (κ3) is 5.64. The molecule has 0 bridgehead atoms. The first kappa shape index (κ1) is 16.5. The summed E-state index contributed by atoms with van der Waals surface area (Å²) in [6.45, 7) is 5.44. The Morgan fingerprint density at radius 1 is 1.25 bits per heavy atom. The zero-order chi connectivity index (χ0) is 15.0. The number of benzene rings is 1. The van der Waals surface area contributed by atoms with Gasteiger partial charge in [-0.15, -0.1) is 0 Å². The standard InChI is InChI=1S/C15H20F2N2O/c1-11(2)20-6-4-3-5-19-10-13-14(16)7-12(9-18)8-15(13)17/h7-8,11,19H,3-6,10H2,1-2H3. The number of nitriles is 1. The second-order valence-corrected chi connectivity index (χ2v) is 4.83. The number of rotatable bonds is 8. The van der Waals surface area contributed by atoms with Crippen LogP contribution in [0.3, 0.4) is 0 Å². The molecule has 0 saturated carbocycles. The average Bonchev–Trinajstić information content (AvgIpc) is 2.39. The van der Waals surface area contributed by atoms with Crippen LogP contribution in [0.1, 0.15) is 37.8 Å². The lowest BCUT2D eigenvalue weighted by Gasteiger charge is -2.09. The van der Waals surface area contributed by atoms with Crippen LogP contribution in [0, 0.1) is 23.0 Å². The van der Waals surface area contributed by atoms with Crippen molar-refractivity contribution in [1.82, 2.24) is 5.32 Å². The van der Waals surface area contributed by atoms with Crippen LogP contribution in [-0.2, 0) is 11.3 Å². The summed E-state index contributed by atoms with van der Waals surface area (Å²) in [5.41, 5.74) is -0.0305. The van der Waals surface area contributed by atoms with Crippen molar-refractivity contribution < 1.29 is 13.5 Å². The van der Waals surface area contributed by atoms with Crippen molar-refractivity contribution in [1.29, 1.82) is 5.26 Å². The fraction of sp³-hybridized carbons (Fsp3) is 0.533. The molecule has 20 heavy (non-hydrogen) atoms. The predicted molar refractivity (Wildman–Crippen MR) is 73.1 cm³/mol. The maximum absolute atomic E-state index is 13.6. The van der Waals surface area contributed by atoms with Crippen molar-refractivity contribution in [2.75, 3.05) is 13.2 Å². The average molecular weight is 282 g/mol. The molecular formula is C15H20F2N2O. The molecule has 0 amide bonds. The molecule has 0 aliphatic heterocycles. The maximum atomic E-state index is 13.6. The second kappa shape index (κ2) is 8.62. The normalized spacial score (nSPS) is 10.8.